The first-order valence-electron chi connectivity index (χ1n) is 28.8. The molecule has 0 aromatic heterocycles. The predicted molar refractivity (Wildman–Crippen MR) is 283 cm³/mol. The number of aliphatic hydroxyl groups is 5. The van der Waals surface area contributed by atoms with Crippen LogP contribution in [0.2, 0.25) is 0 Å². The highest BCUT2D eigenvalue weighted by molar-refractivity contribution is 5.76. The normalized spacial score (nSPS) is 19.6. The molecular weight excluding hydrogens is 871 g/mol. The van der Waals surface area contributed by atoms with Crippen molar-refractivity contribution in [1.29, 1.82) is 0 Å². The summed E-state index contributed by atoms with van der Waals surface area (Å²) in [6.45, 7) is 4.27. The van der Waals surface area contributed by atoms with E-state index in [2.05, 4.69) is 43.5 Å². The molecule has 0 aromatic carbocycles. The summed E-state index contributed by atoms with van der Waals surface area (Å²) in [6.07, 6.45) is 48.1. The SMILES string of the molecule is CCCCCC/C=C\CCCCCCCC(=O)OCCCCCCCCCC/C=C\CCCCCCCCCC(=O)NC(COC1OC(CO)C(O)C(O)C1O)C(O)/C=C/CCCCCCCCC. The Kier molecular flexibility index (Phi) is 45.3. The van der Waals surface area contributed by atoms with Gasteiger partial charge in [-0.3, -0.25) is 9.59 Å². The van der Waals surface area contributed by atoms with Crippen LogP contribution in [0.3, 0.4) is 0 Å². The number of allylic oxidation sites excluding steroid dienone is 5. The van der Waals surface area contributed by atoms with Crippen LogP contribution in [0.25, 0.3) is 0 Å². The predicted octanol–water partition coefficient (Wildman–Crippen LogP) is 12.7. The Bertz CT molecular complexity index is 1240. The van der Waals surface area contributed by atoms with E-state index in [9.17, 15) is 35.1 Å². The van der Waals surface area contributed by atoms with E-state index in [1.807, 2.05) is 6.08 Å². The zero-order chi connectivity index (χ0) is 50.3. The highest BCUT2D eigenvalue weighted by Gasteiger charge is 2.44. The molecule has 69 heavy (non-hydrogen) atoms. The zero-order valence-corrected chi connectivity index (χ0v) is 44.3. The minimum Gasteiger partial charge on any atom is -0.466 e. The van der Waals surface area contributed by atoms with Crippen LogP contribution in [0.15, 0.2) is 36.5 Å². The Morgan fingerprint density at radius 1 is 0.522 bits per heavy atom. The summed E-state index contributed by atoms with van der Waals surface area (Å²) in [5.74, 6) is -0.215. The summed E-state index contributed by atoms with van der Waals surface area (Å²) >= 11 is 0. The minimum atomic E-state index is -1.57. The summed E-state index contributed by atoms with van der Waals surface area (Å²) in [5, 5.41) is 54.1. The topological polar surface area (TPSA) is 175 Å². The molecule has 1 aliphatic rings. The van der Waals surface area contributed by atoms with Crippen molar-refractivity contribution in [3.63, 3.8) is 0 Å². The Labute approximate surface area is 422 Å². The molecule has 6 N–H and O–H groups in total. The van der Waals surface area contributed by atoms with Crippen LogP contribution in [-0.2, 0) is 23.8 Å². The van der Waals surface area contributed by atoms with Crippen molar-refractivity contribution in [2.45, 2.75) is 301 Å². The van der Waals surface area contributed by atoms with Gasteiger partial charge in [0.25, 0.3) is 0 Å². The molecule has 7 atom stereocenters. The molecule has 0 aromatic rings. The van der Waals surface area contributed by atoms with Gasteiger partial charge in [-0.25, -0.2) is 0 Å². The number of carbonyl (C=O) groups is 2. The van der Waals surface area contributed by atoms with Gasteiger partial charge < -0.3 is 45.1 Å². The summed E-state index contributed by atoms with van der Waals surface area (Å²) in [4.78, 5) is 25.0. The van der Waals surface area contributed by atoms with Crippen LogP contribution in [0.4, 0.5) is 0 Å². The number of carbonyl (C=O) groups excluding carboxylic acids is 2. The third kappa shape index (κ3) is 38.2. The number of unbranched alkanes of at least 4 members (excludes halogenated alkanes) is 31. The number of rotatable bonds is 49. The molecule has 1 rings (SSSR count). The maximum absolute atomic E-state index is 13.0. The molecule has 1 heterocycles. The first-order chi connectivity index (χ1) is 33.7. The fourth-order valence-electron chi connectivity index (χ4n) is 8.83. The molecule has 1 saturated heterocycles. The van der Waals surface area contributed by atoms with Gasteiger partial charge in [0.2, 0.25) is 5.91 Å². The number of nitrogens with one attached hydrogen (secondary N) is 1. The quantitative estimate of drug-likeness (QED) is 0.0196. The number of hydrogen-bond donors (Lipinski definition) is 6. The van der Waals surface area contributed by atoms with Gasteiger partial charge in [-0.2, -0.15) is 0 Å². The third-order valence-electron chi connectivity index (χ3n) is 13.5. The molecule has 0 radical (unpaired) electrons. The lowest BCUT2D eigenvalue weighted by Gasteiger charge is -2.40. The first kappa shape index (κ1) is 64.9. The standard InChI is InChI=1S/C58H107NO10/c1-3-5-7-9-11-13-14-22-26-30-34-38-42-46-54(63)67-47-43-39-35-31-27-24-21-19-17-15-16-18-20-23-25-29-33-37-41-45-53(62)59-50(51(61)44-40-36-32-28-12-10-8-6-4-2)49-68-58-57(66)56(65)55(64)52(48-60)69-58/h13-16,40,44,50-52,55-58,60-61,64-66H,3-12,17-39,41-43,45-49H2,1-2H3,(H,59,62)/b14-13-,16-15-,44-40+. The average molecular weight is 978 g/mol. The van der Waals surface area contributed by atoms with Crippen molar-refractivity contribution in [2.24, 2.45) is 0 Å². The highest BCUT2D eigenvalue weighted by atomic mass is 16.7. The van der Waals surface area contributed by atoms with Crippen molar-refractivity contribution in [1.82, 2.24) is 5.32 Å². The third-order valence-corrected chi connectivity index (χ3v) is 13.5. The monoisotopic (exact) mass is 978 g/mol. The number of amides is 1. The van der Waals surface area contributed by atoms with Crippen LogP contribution in [0, 0.1) is 0 Å². The van der Waals surface area contributed by atoms with E-state index in [0.717, 1.165) is 83.5 Å². The van der Waals surface area contributed by atoms with Crippen molar-refractivity contribution in [3.8, 4) is 0 Å². The lowest BCUT2D eigenvalue weighted by Crippen LogP contribution is -2.60. The molecule has 0 spiro atoms. The first-order valence-corrected chi connectivity index (χ1v) is 28.8. The molecule has 11 heteroatoms. The molecule has 0 aliphatic carbocycles. The van der Waals surface area contributed by atoms with E-state index in [1.165, 1.54) is 148 Å². The fourth-order valence-corrected chi connectivity index (χ4v) is 8.83. The van der Waals surface area contributed by atoms with Crippen LogP contribution in [0.5, 0.6) is 0 Å². The van der Waals surface area contributed by atoms with Crippen LogP contribution >= 0.6 is 0 Å². The Morgan fingerprint density at radius 2 is 0.928 bits per heavy atom. The minimum absolute atomic E-state index is 0.0207. The number of hydrogen-bond acceptors (Lipinski definition) is 10. The lowest BCUT2D eigenvalue weighted by atomic mass is 9.99. The Hall–Kier alpha value is -2.12. The van der Waals surface area contributed by atoms with Crippen molar-refractivity contribution < 1.29 is 49.3 Å². The van der Waals surface area contributed by atoms with Gasteiger partial charge in [0.15, 0.2) is 6.29 Å². The van der Waals surface area contributed by atoms with Crippen molar-refractivity contribution >= 4 is 11.9 Å². The van der Waals surface area contributed by atoms with Crippen molar-refractivity contribution in [2.75, 3.05) is 19.8 Å². The van der Waals surface area contributed by atoms with Gasteiger partial charge in [0.05, 0.1) is 32.0 Å². The van der Waals surface area contributed by atoms with E-state index in [1.54, 1.807) is 6.08 Å². The summed E-state index contributed by atoms with van der Waals surface area (Å²) in [7, 11) is 0. The van der Waals surface area contributed by atoms with Gasteiger partial charge in [-0.15, -0.1) is 0 Å². The Morgan fingerprint density at radius 3 is 1.41 bits per heavy atom. The Balaban J connectivity index is 2.06. The lowest BCUT2D eigenvalue weighted by molar-refractivity contribution is -0.302. The number of ether oxygens (including phenoxy) is 3. The summed E-state index contributed by atoms with van der Waals surface area (Å²) in [5.41, 5.74) is 0. The molecule has 404 valence electrons. The molecule has 7 unspecified atom stereocenters. The molecule has 11 nitrogen and oxygen atoms in total. The molecule has 1 aliphatic heterocycles. The zero-order valence-electron chi connectivity index (χ0n) is 44.3. The van der Waals surface area contributed by atoms with Gasteiger partial charge in [0.1, 0.15) is 24.4 Å². The molecule has 0 bridgehead atoms. The highest BCUT2D eigenvalue weighted by Crippen LogP contribution is 2.23. The molecular formula is C58H107NO10. The van der Waals surface area contributed by atoms with E-state index in [-0.39, 0.29) is 18.5 Å². The van der Waals surface area contributed by atoms with Gasteiger partial charge in [-0.05, 0) is 83.5 Å². The number of aliphatic hydroxyl groups excluding tert-OH is 5. The smallest absolute Gasteiger partial charge is 0.305 e. The second-order valence-corrected chi connectivity index (χ2v) is 20.0. The van der Waals surface area contributed by atoms with E-state index >= 15 is 0 Å². The van der Waals surface area contributed by atoms with Gasteiger partial charge >= 0.3 is 5.97 Å². The van der Waals surface area contributed by atoms with Crippen LogP contribution < -0.4 is 5.32 Å². The summed E-state index contributed by atoms with van der Waals surface area (Å²) < 4.78 is 16.7. The van der Waals surface area contributed by atoms with E-state index in [0.29, 0.717) is 19.4 Å². The number of esters is 1. The van der Waals surface area contributed by atoms with Gasteiger partial charge in [0, 0.05) is 12.8 Å². The van der Waals surface area contributed by atoms with Crippen molar-refractivity contribution in [3.05, 3.63) is 36.5 Å². The maximum atomic E-state index is 13.0. The molecule has 0 saturated carbocycles. The fraction of sp³-hybridized carbons (Fsp3) is 0.862. The van der Waals surface area contributed by atoms with E-state index < -0.39 is 49.5 Å². The van der Waals surface area contributed by atoms with Crippen LogP contribution in [-0.4, -0.2) is 100 Å². The van der Waals surface area contributed by atoms with Gasteiger partial charge in [-0.1, -0.05) is 198 Å². The molecule has 1 fully saturated rings. The maximum Gasteiger partial charge on any atom is 0.305 e. The van der Waals surface area contributed by atoms with Crippen LogP contribution in [0.1, 0.15) is 258 Å². The second kappa shape index (κ2) is 48.2. The second-order valence-electron chi connectivity index (χ2n) is 20.0. The summed E-state index contributed by atoms with van der Waals surface area (Å²) in [6, 6.07) is -0.816. The largest absolute Gasteiger partial charge is 0.466 e. The molecule has 1 amide bonds. The average Bonchev–Trinajstić information content (AvgIpc) is 3.34. The van der Waals surface area contributed by atoms with E-state index in [4.69, 9.17) is 14.2 Å².